The van der Waals surface area contributed by atoms with Crippen LogP contribution in [-0.2, 0) is 6.61 Å². The highest BCUT2D eigenvalue weighted by Crippen LogP contribution is 2.23. The SMILES string of the molecule is O=[N+]([O-])c1ccc2c(CO)cccc2c1. The van der Waals surface area contributed by atoms with E-state index in [-0.39, 0.29) is 12.3 Å². The zero-order valence-corrected chi connectivity index (χ0v) is 7.88. The van der Waals surface area contributed by atoms with E-state index in [1.54, 1.807) is 24.3 Å². The summed E-state index contributed by atoms with van der Waals surface area (Å²) in [4.78, 5) is 10.1. The second-order valence-electron chi connectivity index (χ2n) is 3.24. The van der Waals surface area contributed by atoms with E-state index in [9.17, 15) is 10.1 Å². The molecule has 0 fully saturated rings. The predicted octanol–water partition coefficient (Wildman–Crippen LogP) is 2.24. The summed E-state index contributed by atoms with van der Waals surface area (Å²) in [6.45, 7) is -0.0604. The second kappa shape index (κ2) is 3.67. The average Bonchev–Trinajstić information content (AvgIpc) is 2.27. The monoisotopic (exact) mass is 203 g/mol. The highest BCUT2D eigenvalue weighted by molar-refractivity contribution is 5.87. The number of non-ortho nitro benzene ring substituents is 1. The third-order valence-corrected chi connectivity index (χ3v) is 2.34. The number of fused-ring (bicyclic) bond motifs is 1. The largest absolute Gasteiger partial charge is 0.392 e. The molecule has 0 spiro atoms. The lowest BCUT2D eigenvalue weighted by Gasteiger charge is -2.02. The molecule has 0 bridgehead atoms. The minimum atomic E-state index is -0.426. The Labute approximate surface area is 85.9 Å². The summed E-state index contributed by atoms with van der Waals surface area (Å²) in [7, 11) is 0. The Morgan fingerprint density at radius 3 is 2.73 bits per heavy atom. The number of hydrogen-bond acceptors (Lipinski definition) is 3. The van der Waals surface area contributed by atoms with Gasteiger partial charge in [0.1, 0.15) is 0 Å². The summed E-state index contributed by atoms with van der Waals surface area (Å²) in [6.07, 6.45) is 0. The van der Waals surface area contributed by atoms with Crippen molar-refractivity contribution in [3.8, 4) is 0 Å². The van der Waals surface area contributed by atoms with Crippen molar-refractivity contribution in [1.82, 2.24) is 0 Å². The lowest BCUT2D eigenvalue weighted by Crippen LogP contribution is -1.89. The molecular formula is C11H9NO3. The zero-order chi connectivity index (χ0) is 10.8. The van der Waals surface area contributed by atoms with Gasteiger partial charge in [-0.3, -0.25) is 10.1 Å². The van der Waals surface area contributed by atoms with Gasteiger partial charge in [-0.25, -0.2) is 0 Å². The summed E-state index contributed by atoms with van der Waals surface area (Å²) in [5.41, 5.74) is 0.847. The maximum Gasteiger partial charge on any atom is 0.270 e. The first-order valence-electron chi connectivity index (χ1n) is 4.49. The summed E-state index contributed by atoms with van der Waals surface area (Å²) >= 11 is 0. The first kappa shape index (κ1) is 9.61. The van der Waals surface area contributed by atoms with Crippen LogP contribution in [0.25, 0.3) is 10.8 Å². The molecule has 2 aromatic rings. The van der Waals surface area contributed by atoms with Gasteiger partial charge in [0.05, 0.1) is 11.5 Å². The van der Waals surface area contributed by atoms with Crippen LogP contribution in [0.15, 0.2) is 36.4 Å². The minimum Gasteiger partial charge on any atom is -0.392 e. The Hall–Kier alpha value is -1.94. The van der Waals surface area contributed by atoms with Crippen LogP contribution in [0, 0.1) is 10.1 Å². The van der Waals surface area contributed by atoms with E-state index in [1.807, 2.05) is 0 Å². The summed E-state index contributed by atoms with van der Waals surface area (Å²) in [5, 5.41) is 21.3. The number of aliphatic hydroxyl groups is 1. The van der Waals surface area contributed by atoms with Crippen molar-refractivity contribution in [2.75, 3.05) is 0 Å². The van der Waals surface area contributed by atoms with Gasteiger partial charge in [-0.2, -0.15) is 0 Å². The standard InChI is InChI=1S/C11H9NO3/c13-7-9-3-1-2-8-6-10(12(14)15)4-5-11(8)9/h1-6,13H,7H2. The number of rotatable bonds is 2. The number of benzene rings is 2. The van der Waals surface area contributed by atoms with Crippen LogP contribution in [0.5, 0.6) is 0 Å². The Balaban J connectivity index is 2.69. The normalized spacial score (nSPS) is 10.5. The molecule has 0 amide bonds. The van der Waals surface area contributed by atoms with Crippen LogP contribution < -0.4 is 0 Å². The minimum absolute atomic E-state index is 0.0604. The summed E-state index contributed by atoms with van der Waals surface area (Å²) < 4.78 is 0. The van der Waals surface area contributed by atoms with Gasteiger partial charge in [-0.05, 0) is 22.4 Å². The highest BCUT2D eigenvalue weighted by atomic mass is 16.6. The molecule has 1 N–H and O–H groups in total. The Kier molecular flexibility index (Phi) is 2.35. The van der Waals surface area contributed by atoms with Crippen molar-refractivity contribution in [3.05, 3.63) is 52.1 Å². The van der Waals surface area contributed by atoms with Crippen LogP contribution in [0.4, 0.5) is 5.69 Å². The number of aliphatic hydroxyl groups excluding tert-OH is 1. The van der Waals surface area contributed by atoms with Gasteiger partial charge >= 0.3 is 0 Å². The van der Waals surface area contributed by atoms with E-state index in [2.05, 4.69) is 0 Å². The van der Waals surface area contributed by atoms with Gasteiger partial charge in [0.2, 0.25) is 0 Å². The van der Waals surface area contributed by atoms with Crippen molar-refractivity contribution in [3.63, 3.8) is 0 Å². The van der Waals surface area contributed by atoms with E-state index in [0.717, 1.165) is 16.3 Å². The van der Waals surface area contributed by atoms with Gasteiger partial charge in [-0.1, -0.05) is 18.2 Å². The van der Waals surface area contributed by atoms with E-state index in [4.69, 9.17) is 5.11 Å². The van der Waals surface area contributed by atoms with Gasteiger partial charge in [0.15, 0.2) is 0 Å². The molecule has 2 rings (SSSR count). The molecule has 0 unspecified atom stereocenters. The molecule has 0 atom stereocenters. The van der Waals surface area contributed by atoms with Crippen LogP contribution in [0.1, 0.15) is 5.56 Å². The fourth-order valence-electron chi connectivity index (χ4n) is 1.59. The third-order valence-electron chi connectivity index (χ3n) is 2.34. The topological polar surface area (TPSA) is 63.4 Å². The van der Waals surface area contributed by atoms with Crippen LogP contribution in [0.3, 0.4) is 0 Å². The Bertz CT molecular complexity index is 522. The van der Waals surface area contributed by atoms with E-state index >= 15 is 0 Å². The average molecular weight is 203 g/mol. The molecule has 0 aliphatic rings. The van der Waals surface area contributed by atoms with Crippen molar-refractivity contribution in [2.45, 2.75) is 6.61 Å². The van der Waals surface area contributed by atoms with Crippen LogP contribution in [-0.4, -0.2) is 10.0 Å². The Morgan fingerprint density at radius 1 is 1.27 bits per heavy atom. The van der Waals surface area contributed by atoms with Crippen molar-refractivity contribution in [1.29, 1.82) is 0 Å². The number of nitrogens with zero attached hydrogens (tertiary/aromatic N) is 1. The molecule has 76 valence electrons. The van der Waals surface area contributed by atoms with Gasteiger partial charge in [-0.15, -0.1) is 0 Å². The number of nitro benzene ring substituents is 1. The highest BCUT2D eigenvalue weighted by Gasteiger charge is 2.07. The quantitative estimate of drug-likeness (QED) is 0.601. The molecular weight excluding hydrogens is 194 g/mol. The van der Waals surface area contributed by atoms with Crippen molar-refractivity contribution in [2.24, 2.45) is 0 Å². The zero-order valence-electron chi connectivity index (χ0n) is 7.88. The lowest BCUT2D eigenvalue weighted by atomic mass is 10.0. The molecule has 0 radical (unpaired) electrons. The summed E-state index contributed by atoms with van der Waals surface area (Å²) in [6, 6.07) is 9.99. The maximum absolute atomic E-state index is 10.6. The molecule has 0 saturated heterocycles. The fourth-order valence-corrected chi connectivity index (χ4v) is 1.59. The summed E-state index contributed by atoms with van der Waals surface area (Å²) in [5.74, 6) is 0. The van der Waals surface area contributed by atoms with E-state index < -0.39 is 4.92 Å². The second-order valence-corrected chi connectivity index (χ2v) is 3.24. The third kappa shape index (κ3) is 1.67. The first-order chi connectivity index (χ1) is 7.22. The molecule has 4 nitrogen and oxygen atoms in total. The van der Waals surface area contributed by atoms with Gasteiger partial charge in [0, 0.05) is 12.1 Å². The fraction of sp³-hybridized carbons (Fsp3) is 0.0909. The molecule has 4 heteroatoms. The van der Waals surface area contributed by atoms with E-state index in [1.165, 1.54) is 12.1 Å². The predicted molar refractivity (Wildman–Crippen MR) is 56.5 cm³/mol. The molecule has 0 aliphatic carbocycles. The molecule has 2 aromatic carbocycles. The Morgan fingerprint density at radius 2 is 2.07 bits per heavy atom. The lowest BCUT2D eigenvalue weighted by molar-refractivity contribution is -0.384. The molecule has 0 aliphatic heterocycles. The van der Waals surface area contributed by atoms with Gasteiger partial charge < -0.3 is 5.11 Å². The smallest absolute Gasteiger partial charge is 0.270 e. The molecule has 15 heavy (non-hydrogen) atoms. The van der Waals surface area contributed by atoms with Crippen LogP contribution in [0.2, 0.25) is 0 Å². The van der Waals surface area contributed by atoms with Gasteiger partial charge in [0.25, 0.3) is 5.69 Å². The first-order valence-corrected chi connectivity index (χ1v) is 4.49. The van der Waals surface area contributed by atoms with Crippen molar-refractivity contribution < 1.29 is 10.0 Å². The van der Waals surface area contributed by atoms with Crippen molar-refractivity contribution >= 4 is 16.5 Å². The van der Waals surface area contributed by atoms with E-state index in [0.29, 0.717) is 0 Å². The number of nitro groups is 1. The molecule has 0 heterocycles. The molecule has 0 aromatic heterocycles. The molecule has 0 saturated carbocycles. The van der Waals surface area contributed by atoms with Crippen LogP contribution >= 0.6 is 0 Å². The maximum atomic E-state index is 10.6. The number of hydrogen-bond donors (Lipinski definition) is 1.